The third-order valence-corrected chi connectivity index (χ3v) is 7.76. The van der Waals surface area contributed by atoms with Gasteiger partial charge in [-0.3, -0.25) is 9.48 Å². The fourth-order valence-corrected chi connectivity index (χ4v) is 5.56. The van der Waals surface area contributed by atoms with Crippen molar-refractivity contribution in [2.75, 3.05) is 63.2 Å². The van der Waals surface area contributed by atoms with Crippen molar-refractivity contribution >= 4 is 23.1 Å². The lowest BCUT2D eigenvalue weighted by atomic mass is 9.86. The number of nitrogens with two attached hydrogens (primary N) is 1. The van der Waals surface area contributed by atoms with E-state index in [9.17, 15) is 13.6 Å². The average Bonchev–Trinajstić information content (AvgIpc) is 3.60. The van der Waals surface area contributed by atoms with Gasteiger partial charge in [-0.2, -0.15) is 10.2 Å². The summed E-state index contributed by atoms with van der Waals surface area (Å²) in [4.78, 5) is 22.2. The zero-order valence-corrected chi connectivity index (χ0v) is 23.3. The molecule has 2 fully saturated rings. The quantitative estimate of drug-likeness (QED) is 0.378. The molecule has 1 saturated heterocycles. The van der Waals surface area contributed by atoms with Gasteiger partial charge in [-0.05, 0) is 44.7 Å². The Hall–Kier alpha value is -3.60. The van der Waals surface area contributed by atoms with Gasteiger partial charge < -0.3 is 25.6 Å². The Morgan fingerprint density at radius 3 is 2.76 bits per heavy atom. The number of alkyl halides is 2. The first kappa shape index (κ1) is 28.9. The first-order valence-corrected chi connectivity index (χ1v) is 14.1. The number of hydrogen-bond donors (Lipinski definition) is 2. The van der Waals surface area contributed by atoms with Gasteiger partial charge in [-0.15, -0.1) is 5.92 Å². The zero-order valence-electron chi connectivity index (χ0n) is 23.3. The molecule has 220 valence electrons. The fourth-order valence-electron chi connectivity index (χ4n) is 5.56. The largest absolute Gasteiger partial charge is 0.378 e. The van der Waals surface area contributed by atoms with Gasteiger partial charge in [0, 0.05) is 45.0 Å². The van der Waals surface area contributed by atoms with Gasteiger partial charge in [0.15, 0.2) is 11.3 Å². The predicted molar refractivity (Wildman–Crippen MR) is 151 cm³/mol. The number of rotatable bonds is 9. The molecule has 0 spiro atoms. The molecular weight excluding hydrogens is 532 g/mol. The van der Waals surface area contributed by atoms with Crippen LogP contribution in [0.1, 0.15) is 60.6 Å². The van der Waals surface area contributed by atoms with E-state index >= 15 is 0 Å². The number of halogens is 2. The topological polar surface area (TPSA) is 119 Å². The second-order valence-electron chi connectivity index (χ2n) is 10.6. The maximum absolute atomic E-state index is 14.0. The molecule has 3 aromatic rings. The highest BCUT2D eigenvalue weighted by Gasteiger charge is 2.28. The smallest absolute Gasteiger partial charge is 0.284 e. The Labute approximate surface area is 238 Å². The molecular formula is C28H37F2N9O2. The van der Waals surface area contributed by atoms with Crippen molar-refractivity contribution in [1.29, 1.82) is 0 Å². The van der Waals surface area contributed by atoms with Crippen molar-refractivity contribution in [3.05, 3.63) is 35.9 Å². The molecule has 5 rings (SSSR count). The summed E-state index contributed by atoms with van der Waals surface area (Å²) in [5.74, 6) is 6.63. The van der Waals surface area contributed by atoms with Gasteiger partial charge in [-0.25, -0.2) is 18.3 Å². The summed E-state index contributed by atoms with van der Waals surface area (Å²) in [5, 5.41) is 11.1. The first-order chi connectivity index (χ1) is 19.9. The summed E-state index contributed by atoms with van der Waals surface area (Å²) in [6.45, 7) is 4.84. The third-order valence-electron chi connectivity index (χ3n) is 7.76. The van der Waals surface area contributed by atoms with E-state index in [0.717, 1.165) is 45.2 Å². The van der Waals surface area contributed by atoms with Crippen LogP contribution >= 0.6 is 0 Å². The highest BCUT2D eigenvalue weighted by atomic mass is 19.3. The van der Waals surface area contributed by atoms with E-state index in [0.29, 0.717) is 50.2 Å². The highest BCUT2D eigenvalue weighted by molar-refractivity contribution is 6.08. The molecule has 1 amide bonds. The predicted octanol–water partition coefficient (Wildman–Crippen LogP) is 2.97. The molecule has 3 aromatic heterocycles. The molecule has 0 unspecified atom stereocenters. The van der Waals surface area contributed by atoms with Gasteiger partial charge >= 0.3 is 0 Å². The Bertz CT molecular complexity index is 1380. The number of anilines is 2. The highest BCUT2D eigenvalue weighted by Crippen LogP contribution is 2.35. The van der Waals surface area contributed by atoms with E-state index in [1.807, 2.05) is 6.07 Å². The average molecular weight is 570 g/mol. The van der Waals surface area contributed by atoms with Gasteiger partial charge in [0.05, 0.1) is 37.7 Å². The number of carbonyl (C=O) groups excluding carboxylic acids is 1. The Balaban J connectivity index is 1.24. The van der Waals surface area contributed by atoms with Crippen LogP contribution < -0.4 is 16.0 Å². The number of morpholine rings is 1. The van der Waals surface area contributed by atoms with E-state index < -0.39 is 18.0 Å². The Kier molecular flexibility index (Phi) is 9.43. The number of aromatic nitrogens is 5. The maximum atomic E-state index is 14.0. The van der Waals surface area contributed by atoms with Crippen molar-refractivity contribution < 1.29 is 18.3 Å². The van der Waals surface area contributed by atoms with Crippen LogP contribution in [0.5, 0.6) is 0 Å². The van der Waals surface area contributed by atoms with Crippen LogP contribution in [-0.4, -0.2) is 88.2 Å². The van der Waals surface area contributed by atoms with Crippen molar-refractivity contribution in [2.24, 2.45) is 11.7 Å². The normalized spacial score (nSPS) is 19.5. The Morgan fingerprint density at radius 2 is 2.02 bits per heavy atom. The van der Waals surface area contributed by atoms with E-state index in [-0.39, 0.29) is 17.3 Å². The molecule has 1 saturated carbocycles. The monoisotopic (exact) mass is 569 g/mol. The molecule has 4 heterocycles. The standard InChI is InChI=1S/C28H37F2N9O2/c1-36(11-4-2-3-10-31)18-20-5-7-21(8-6-20)39-19-23(25(35-39)26(29)30)33-28(40)22-17-32-38-12-9-24(34-27(22)38)37-13-15-41-16-14-37/h9,12,17,19-21,26H,4-8,10-11,13-16,18,31H2,1H3,(H,33,40). The first-order valence-electron chi connectivity index (χ1n) is 14.1. The van der Waals surface area contributed by atoms with Crippen LogP contribution in [0.3, 0.4) is 0 Å². The maximum Gasteiger partial charge on any atom is 0.284 e. The van der Waals surface area contributed by atoms with Gasteiger partial charge in [0.1, 0.15) is 11.4 Å². The zero-order chi connectivity index (χ0) is 28.8. The minimum absolute atomic E-state index is 0.00449. The number of amides is 1. The molecule has 41 heavy (non-hydrogen) atoms. The van der Waals surface area contributed by atoms with Crippen LogP contribution in [0, 0.1) is 17.8 Å². The summed E-state index contributed by atoms with van der Waals surface area (Å²) >= 11 is 0. The minimum Gasteiger partial charge on any atom is -0.378 e. The molecule has 2 aliphatic rings. The SMILES string of the molecule is CN(CCC#CCN)CC1CCC(n2cc(NC(=O)c3cnn4ccc(N5CCOCC5)nc34)c(C(F)F)n2)CC1. The van der Waals surface area contributed by atoms with Gasteiger partial charge in [0.2, 0.25) is 0 Å². The summed E-state index contributed by atoms with van der Waals surface area (Å²) in [6, 6.07) is 1.83. The van der Waals surface area contributed by atoms with Crippen LogP contribution in [0.4, 0.5) is 20.3 Å². The molecule has 13 heteroatoms. The molecule has 0 atom stereocenters. The summed E-state index contributed by atoms with van der Waals surface area (Å²) in [7, 11) is 2.09. The molecule has 0 bridgehead atoms. The summed E-state index contributed by atoms with van der Waals surface area (Å²) in [6.07, 6.45) is 6.27. The molecule has 3 N–H and O–H groups in total. The lowest BCUT2D eigenvalue weighted by molar-refractivity contribution is 0.102. The van der Waals surface area contributed by atoms with E-state index in [2.05, 4.69) is 49.2 Å². The third kappa shape index (κ3) is 7.01. The number of fused-ring (bicyclic) bond motifs is 1. The fraction of sp³-hybridized carbons (Fsp3) is 0.571. The van der Waals surface area contributed by atoms with Crippen LogP contribution in [0.2, 0.25) is 0 Å². The summed E-state index contributed by atoms with van der Waals surface area (Å²) in [5.41, 5.74) is 5.54. The van der Waals surface area contributed by atoms with E-state index in [1.54, 1.807) is 10.9 Å². The lowest BCUT2D eigenvalue weighted by Crippen LogP contribution is -2.36. The van der Waals surface area contributed by atoms with Crippen LogP contribution in [0.25, 0.3) is 5.65 Å². The minimum atomic E-state index is -2.83. The molecule has 11 nitrogen and oxygen atoms in total. The lowest BCUT2D eigenvalue weighted by Gasteiger charge is -2.31. The van der Waals surface area contributed by atoms with Crippen molar-refractivity contribution in [3.63, 3.8) is 0 Å². The van der Waals surface area contributed by atoms with Gasteiger partial charge in [-0.1, -0.05) is 5.92 Å². The van der Waals surface area contributed by atoms with Crippen molar-refractivity contribution in [2.45, 2.75) is 44.6 Å². The second-order valence-corrected chi connectivity index (χ2v) is 10.6. The molecule has 1 aliphatic carbocycles. The second kappa shape index (κ2) is 13.4. The number of hydrogen-bond acceptors (Lipinski definition) is 8. The van der Waals surface area contributed by atoms with E-state index in [4.69, 9.17) is 10.5 Å². The van der Waals surface area contributed by atoms with Crippen LogP contribution in [-0.2, 0) is 4.74 Å². The summed E-state index contributed by atoms with van der Waals surface area (Å²) < 4.78 is 36.5. The molecule has 0 radical (unpaired) electrons. The van der Waals surface area contributed by atoms with E-state index in [1.165, 1.54) is 16.9 Å². The number of carbonyl (C=O) groups is 1. The van der Waals surface area contributed by atoms with Crippen molar-refractivity contribution in [3.8, 4) is 11.8 Å². The number of ether oxygens (including phenoxy) is 1. The number of nitrogens with one attached hydrogen (secondary N) is 1. The molecule has 1 aliphatic heterocycles. The Morgan fingerprint density at radius 1 is 1.24 bits per heavy atom. The number of nitrogens with zero attached hydrogens (tertiary/aromatic N) is 7. The van der Waals surface area contributed by atoms with Gasteiger partial charge in [0.25, 0.3) is 12.3 Å². The van der Waals surface area contributed by atoms with Crippen LogP contribution in [0.15, 0.2) is 24.7 Å². The van der Waals surface area contributed by atoms with Crippen molar-refractivity contribution in [1.82, 2.24) is 29.3 Å². The molecule has 0 aromatic carbocycles.